The highest BCUT2D eigenvalue weighted by molar-refractivity contribution is 7.89. The van der Waals surface area contributed by atoms with Crippen molar-refractivity contribution in [3.8, 4) is 0 Å². The van der Waals surface area contributed by atoms with Crippen LogP contribution in [-0.2, 0) is 21.0 Å². The Bertz CT molecular complexity index is 1100. The monoisotopic (exact) mass is 515 g/mol. The summed E-state index contributed by atoms with van der Waals surface area (Å²) in [5, 5.41) is 6.09. The number of nitrogens with one attached hydrogen (secondary N) is 2. The maximum absolute atomic E-state index is 13.3. The van der Waals surface area contributed by atoms with Crippen LogP contribution in [0.5, 0.6) is 0 Å². The molecule has 35 heavy (non-hydrogen) atoms. The van der Waals surface area contributed by atoms with E-state index in [1.807, 2.05) is 0 Å². The van der Waals surface area contributed by atoms with Gasteiger partial charge in [0.15, 0.2) is 0 Å². The fraction of sp³-hybridized carbons (Fsp3) is 0.458. The molecular weight excluding hydrogens is 486 g/mol. The molecule has 0 saturated carbocycles. The van der Waals surface area contributed by atoms with Crippen LogP contribution in [-0.4, -0.2) is 44.3 Å². The molecule has 1 aliphatic heterocycles. The van der Waals surface area contributed by atoms with Crippen LogP contribution in [0.2, 0.25) is 0 Å². The number of rotatable bonds is 8. The first-order chi connectivity index (χ1) is 16.4. The Kier molecular flexibility index (Phi) is 8.55. The van der Waals surface area contributed by atoms with E-state index in [1.165, 1.54) is 12.1 Å². The fourth-order valence-electron chi connectivity index (χ4n) is 4.16. The van der Waals surface area contributed by atoms with Crippen LogP contribution < -0.4 is 10.6 Å². The quantitative estimate of drug-likeness (QED) is 0.519. The second-order valence-electron chi connectivity index (χ2n) is 8.87. The van der Waals surface area contributed by atoms with E-state index in [0.29, 0.717) is 12.1 Å². The summed E-state index contributed by atoms with van der Waals surface area (Å²) in [5.41, 5.74) is -0.276. The molecule has 3 rings (SSSR count). The number of benzene rings is 2. The normalized spacial score (nSPS) is 18.0. The van der Waals surface area contributed by atoms with Gasteiger partial charge in [-0.3, -0.25) is 4.79 Å². The van der Waals surface area contributed by atoms with Crippen molar-refractivity contribution in [3.05, 3.63) is 65.5 Å². The summed E-state index contributed by atoms with van der Waals surface area (Å²) in [5.74, 6) is -1.25. The largest absolute Gasteiger partial charge is 0.416 e. The minimum atomic E-state index is -4.48. The summed E-state index contributed by atoms with van der Waals surface area (Å²) < 4.78 is 79.6. The number of nitrogens with zero attached hydrogens (tertiary/aromatic N) is 1. The van der Waals surface area contributed by atoms with Gasteiger partial charge < -0.3 is 10.6 Å². The van der Waals surface area contributed by atoms with E-state index in [-0.39, 0.29) is 10.8 Å². The minimum absolute atomic E-state index is 0.0781. The van der Waals surface area contributed by atoms with Crippen molar-refractivity contribution in [1.82, 2.24) is 14.9 Å². The molecule has 1 saturated heterocycles. The lowest BCUT2D eigenvalue weighted by molar-refractivity contribution is -0.137. The Morgan fingerprint density at radius 3 is 2.26 bits per heavy atom. The van der Waals surface area contributed by atoms with Crippen LogP contribution in [0.15, 0.2) is 53.4 Å². The van der Waals surface area contributed by atoms with Gasteiger partial charge in [-0.25, -0.2) is 12.8 Å². The van der Waals surface area contributed by atoms with Gasteiger partial charge in [-0.05, 0) is 81.1 Å². The van der Waals surface area contributed by atoms with E-state index < -0.39 is 52.1 Å². The maximum atomic E-state index is 13.3. The summed E-state index contributed by atoms with van der Waals surface area (Å²) in [6.07, 6.45) is -2.88. The molecule has 2 atom stereocenters. The van der Waals surface area contributed by atoms with Gasteiger partial charge in [0, 0.05) is 12.6 Å². The van der Waals surface area contributed by atoms with E-state index in [9.17, 15) is 30.8 Å². The minimum Gasteiger partial charge on any atom is -0.348 e. The molecule has 1 aliphatic rings. The standard InChI is InChI=1S/C24H29F4N3O3S/c1-16(2)31(35(33,34)21-11-9-20(25)10-12-21)15-22(32)30-23(18-4-3-13-29-14-18)17-5-7-19(8-6-17)24(26,27)28/h5-12,16,18,23,29H,3-4,13-15H2,1-2H3,(H,30,32). The topological polar surface area (TPSA) is 78.5 Å². The zero-order valence-electron chi connectivity index (χ0n) is 19.5. The first kappa shape index (κ1) is 27.1. The molecule has 0 aliphatic carbocycles. The van der Waals surface area contributed by atoms with Crippen LogP contribution in [0.4, 0.5) is 17.6 Å². The van der Waals surface area contributed by atoms with Crippen LogP contribution in [0, 0.1) is 11.7 Å². The van der Waals surface area contributed by atoms with Gasteiger partial charge in [-0.1, -0.05) is 12.1 Å². The van der Waals surface area contributed by atoms with Crippen molar-refractivity contribution in [2.24, 2.45) is 5.92 Å². The van der Waals surface area contributed by atoms with Gasteiger partial charge in [0.05, 0.1) is 23.0 Å². The summed E-state index contributed by atoms with van der Waals surface area (Å²) in [4.78, 5) is 12.9. The summed E-state index contributed by atoms with van der Waals surface area (Å²) in [6, 6.07) is 7.80. The van der Waals surface area contributed by atoms with Crippen LogP contribution in [0.25, 0.3) is 0 Å². The highest BCUT2D eigenvalue weighted by Gasteiger charge is 2.33. The molecular formula is C24H29F4N3O3S. The maximum Gasteiger partial charge on any atom is 0.416 e. The molecule has 6 nitrogen and oxygen atoms in total. The molecule has 192 valence electrons. The molecule has 2 aromatic rings. The molecule has 2 aromatic carbocycles. The van der Waals surface area contributed by atoms with Crippen LogP contribution in [0.1, 0.15) is 43.9 Å². The molecule has 1 fully saturated rings. The zero-order valence-corrected chi connectivity index (χ0v) is 20.3. The molecule has 2 unspecified atom stereocenters. The number of carbonyl (C=O) groups is 1. The molecule has 1 heterocycles. The average molecular weight is 516 g/mol. The first-order valence-electron chi connectivity index (χ1n) is 11.3. The number of hydrogen-bond donors (Lipinski definition) is 2. The molecule has 2 N–H and O–H groups in total. The van der Waals surface area contributed by atoms with Crippen molar-refractivity contribution < 1.29 is 30.8 Å². The Morgan fingerprint density at radius 2 is 1.74 bits per heavy atom. The van der Waals surface area contributed by atoms with E-state index in [0.717, 1.165) is 60.1 Å². The van der Waals surface area contributed by atoms with E-state index in [4.69, 9.17) is 0 Å². The number of hydrogen-bond acceptors (Lipinski definition) is 4. The number of amides is 1. The van der Waals surface area contributed by atoms with Crippen molar-refractivity contribution >= 4 is 15.9 Å². The zero-order chi connectivity index (χ0) is 25.8. The second kappa shape index (κ2) is 11.0. The third kappa shape index (κ3) is 6.80. The SMILES string of the molecule is CC(C)N(CC(=O)NC(c1ccc(C(F)(F)F)cc1)C1CCCNC1)S(=O)(=O)c1ccc(F)cc1. The molecule has 1 amide bonds. The van der Waals surface area contributed by atoms with Gasteiger partial charge in [0.1, 0.15) is 5.82 Å². The molecule has 0 spiro atoms. The average Bonchev–Trinajstić information content (AvgIpc) is 2.81. The molecule has 11 heteroatoms. The lowest BCUT2D eigenvalue weighted by Crippen LogP contribution is -2.47. The predicted molar refractivity (Wildman–Crippen MR) is 123 cm³/mol. The predicted octanol–water partition coefficient (Wildman–Crippen LogP) is 4.10. The van der Waals surface area contributed by atoms with Gasteiger partial charge in [-0.2, -0.15) is 17.5 Å². The van der Waals surface area contributed by atoms with Gasteiger partial charge in [-0.15, -0.1) is 0 Å². The smallest absolute Gasteiger partial charge is 0.348 e. The number of carbonyl (C=O) groups excluding carboxylic acids is 1. The van der Waals surface area contributed by atoms with E-state index in [1.54, 1.807) is 13.8 Å². The third-order valence-electron chi connectivity index (χ3n) is 6.02. The Balaban J connectivity index is 1.83. The molecule has 0 radical (unpaired) electrons. The van der Waals surface area contributed by atoms with Crippen molar-refractivity contribution in [2.75, 3.05) is 19.6 Å². The molecule has 0 aromatic heterocycles. The summed E-state index contributed by atoms with van der Waals surface area (Å²) >= 11 is 0. The number of alkyl halides is 3. The Labute approximate surface area is 202 Å². The van der Waals surface area contributed by atoms with Crippen molar-refractivity contribution in [1.29, 1.82) is 0 Å². The third-order valence-corrected chi connectivity index (χ3v) is 8.05. The number of halogens is 4. The Morgan fingerprint density at radius 1 is 1.11 bits per heavy atom. The second-order valence-corrected chi connectivity index (χ2v) is 10.8. The van der Waals surface area contributed by atoms with Gasteiger partial charge in [0.2, 0.25) is 15.9 Å². The highest BCUT2D eigenvalue weighted by Crippen LogP contribution is 2.32. The van der Waals surface area contributed by atoms with Crippen LogP contribution in [0.3, 0.4) is 0 Å². The summed E-state index contributed by atoms with van der Waals surface area (Å²) in [7, 11) is -4.09. The van der Waals surface area contributed by atoms with Gasteiger partial charge >= 0.3 is 6.18 Å². The highest BCUT2D eigenvalue weighted by atomic mass is 32.2. The number of piperidine rings is 1. The van der Waals surface area contributed by atoms with Gasteiger partial charge in [0.25, 0.3) is 0 Å². The van der Waals surface area contributed by atoms with E-state index >= 15 is 0 Å². The lowest BCUT2D eigenvalue weighted by Gasteiger charge is -2.33. The van der Waals surface area contributed by atoms with E-state index in [2.05, 4.69) is 10.6 Å². The van der Waals surface area contributed by atoms with Crippen LogP contribution >= 0.6 is 0 Å². The summed E-state index contributed by atoms with van der Waals surface area (Å²) in [6.45, 7) is 4.11. The lowest BCUT2D eigenvalue weighted by atomic mass is 9.87. The Hall–Kier alpha value is -2.50. The first-order valence-corrected chi connectivity index (χ1v) is 12.8. The molecule has 0 bridgehead atoms. The van der Waals surface area contributed by atoms with Crippen molar-refractivity contribution in [2.45, 2.75) is 49.8 Å². The van der Waals surface area contributed by atoms with Crippen molar-refractivity contribution in [3.63, 3.8) is 0 Å². The fourth-order valence-corrected chi connectivity index (χ4v) is 5.76. The number of sulfonamides is 1.